The Labute approximate surface area is 92.8 Å². The van der Waals surface area contributed by atoms with E-state index in [0.29, 0.717) is 13.2 Å². The quantitative estimate of drug-likeness (QED) is 0.634. The van der Waals surface area contributed by atoms with Crippen molar-refractivity contribution in [1.29, 1.82) is 0 Å². The number of amides is 1. The van der Waals surface area contributed by atoms with E-state index in [1.165, 1.54) is 0 Å². The summed E-state index contributed by atoms with van der Waals surface area (Å²) in [7, 11) is 1.68. The van der Waals surface area contributed by atoms with Crippen LogP contribution in [0.15, 0.2) is 0 Å². The van der Waals surface area contributed by atoms with Crippen LogP contribution in [0.2, 0.25) is 0 Å². The lowest BCUT2D eigenvalue weighted by atomic mass is 10.2. The summed E-state index contributed by atoms with van der Waals surface area (Å²) < 4.78 is 5.08. The smallest absolute Gasteiger partial charge is 0.234 e. The first-order chi connectivity index (χ1) is 7.10. The topological polar surface area (TPSA) is 50.4 Å². The number of methoxy groups -OCH3 is 1. The minimum atomic E-state index is 0.0437. The van der Waals surface area contributed by atoms with Crippen LogP contribution >= 0.6 is 0 Å². The third-order valence-electron chi connectivity index (χ3n) is 2.01. The molecule has 0 aliphatic rings. The van der Waals surface area contributed by atoms with E-state index >= 15 is 0 Å². The second-order valence-electron chi connectivity index (χ2n) is 4.04. The molecule has 0 fully saturated rings. The lowest BCUT2D eigenvalue weighted by Gasteiger charge is -2.17. The van der Waals surface area contributed by atoms with Gasteiger partial charge in [0.25, 0.3) is 0 Å². The normalized spacial score (nSPS) is 12.9. The van der Waals surface area contributed by atoms with Gasteiger partial charge >= 0.3 is 0 Å². The van der Waals surface area contributed by atoms with Crippen molar-refractivity contribution in [1.82, 2.24) is 10.6 Å². The highest BCUT2D eigenvalue weighted by atomic mass is 16.5. The molecule has 0 saturated heterocycles. The summed E-state index contributed by atoms with van der Waals surface area (Å²) in [5.74, 6) is 0.0437. The van der Waals surface area contributed by atoms with Gasteiger partial charge in [0.1, 0.15) is 0 Å². The minimum absolute atomic E-state index is 0.0437. The van der Waals surface area contributed by atoms with Crippen molar-refractivity contribution >= 4 is 5.91 Å². The zero-order chi connectivity index (χ0) is 11.7. The zero-order valence-corrected chi connectivity index (χ0v) is 10.3. The standard InChI is InChI=1S/C11H24N2O2/c1-5-6-10(8-15-4)12-7-11(14)13-9(2)3/h9-10,12H,5-8H2,1-4H3,(H,13,14). The molecule has 4 heteroatoms. The van der Waals surface area contributed by atoms with Gasteiger partial charge in [-0.05, 0) is 20.3 Å². The molecule has 90 valence electrons. The largest absolute Gasteiger partial charge is 0.383 e. The molecule has 1 amide bonds. The van der Waals surface area contributed by atoms with Crippen LogP contribution in [0.25, 0.3) is 0 Å². The van der Waals surface area contributed by atoms with E-state index in [1.54, 1.807) is 7.11 Å². The number of carbonyl (C=O) groups is 1. The van der Waals surface area contributed by atoms with Gasteiger partial charge in [-0.15, -0.1) is 0 Å². The van der Waals surface area contributed by atoms with Gasteiger partial charge in [0.2, 0.25) is 5.91 Å². The number of nitrogens with one attached hydrogen (secondary N) is 2. The average molecular weight is 216 g/mol. The predicted molar refractivity (Wildman–Crippen MR) is 61.9 cm³/mol. The molecular weight excluding hydrogens is 192 g/mol. The van der Waals surface area contributed by atoms with Crippen LogP contribution in [0.4, 0.5) is 0 Å². The molecule has 0 bridgehead atoms. The highest BCUT2D eigenvalue weighted by molar-refractivity contribution is 5.78. The van der Waals surface area contributed by atoms with Crippen LogP contribution in [0, 0.1) is 0 Å². The van der Waals surface area contributed by atoms with E-state index in [4.69, 9.17) is 4.74 Å². The Morgan fingerprint density at radius 2 is 2.07 bits per heavy atom. The lowest BCUT2D eigenvalue weighted by Crippen LogP contribution is -2.43. The van der Waals surface area contributed by atoms with Gasteiger partial charge in [0.15, 0.2) is 0 Å². The van der Waals surface area contributed by atoms with Gasteiger partial charge in [-0.1, -0.05) is 13.3 Å². The molecule has 0 aliphatic heterocycles. The van der Waals surface area contributed by atoms with Gasteiger partial charge < -0.3 is 15.4 Å². The Kier molecular flexibility index (Phi) is 8.33. The molecule has 0 saturated carbocycles. The fraction of sp³-hybridized carbons (Fsp3) is 0.909. The van der Waals surface area contributed by atoms with Crippen molar-refractivity contribution in [3.63, 3.8) is 0 Å². The average Bonchev–Trinajstić information content (AvgIpc) is 2.14. The van der Waals surface area contributed by atoms with Gasteiger partial charge in [0.05, 0.1) is 13.2 Å². The number of hydrogen-bond donors (Lipinski definition) is 2. The third kappa shape index (κ3) is 8.39. The number of carbonyl (C=O) groups excluding carboxylic acids is 1. The van der Waals surface area contributed by atoms with Crippen LogP contribution < -0.4 is 10.6 Å². The molecule has 0 rings (SSSR count). The Morgan fingerprint density at radius 3 is 2.53 bits per heavy atom. The monoisotopic (exact) mass is 216 g/mol. The second-order valence-corrected chi connectivity index (χ2v) is 4.04. The Bertz CT molecular complexity index is 166. The van der Waals surface area contributed by atoms with E-state index in [-0.39, 0.29) is 18.0 Å². The van der Waals surface area contributed by atoms with Crippen molar-refractivity contribution in [2.24, 2.45) is 0 Å². The molecule has 0 aromatic carbocycles. The van der Waals surface area contributed by atoms with Crippen molar-refractivity contribution in [2.45, 2.75) is 45.7 Å². The molecular formula is C11H24N2O2. The molecule has 2 N–H and O–H groups in total. The molecule has 1 unspecified atom stereocenters. The minimum Gasteiger partial charge on any atom is -0.383 e. The first-order valence-electron chi connectivity index (χ1n) is 5.61. The number of ether oxygens (including phenoxy) is 1. The summed E-state index contributed by atoms with van der Waals surface area (Å²) in [5.41, 5.74) is 0. The summed E-state index contributed by atoms with van der Waals surface area (Å²) in [6.45, 7) is 7.06. The van der Waals surface area contributed by atoms with Crippen LogP contribution in [0.1, 0.15) is 33.6 Å². The maximum absolute atomic E-state index is 11.4. The molecule has 15 heavy (non-hydrogen) atoms. The van der Waals surface area contributed by atoms with Gasteiger partial charge in [-0.3, -0.25) is 4.79 Å². The maximum Gasteiger partial charge on any atom is 0.234 e. The highest BCUT2D eigenvalue weighted by Gasteiger charge is 2.09. The van der Waals surface area contributed by atoms with Crippen LogP contribution in [-0.4, -0.2) is 38.3 Å². The second kappa shape index (κ2) is 8.68. The van der Waals surface area contributed by atoms with Crippen molar-refractivity contribution < 1.29 is 9.53 Å². The first-order valence-corrected chi connectivity index (χ1v) is 5.61. The summed E-state index contributed by atoms with van der Waals surface area (Å²) in [6.07, 6.45) is 2.12. The van der Waals surface area contributed by atoms with E-state index in [1.807, 2.05) is 13.8 Å². The van der Waals surface area contributed by atoms with E-state index in [0.717, 1.165) is 12.8 Å². The van der Waals surface area contributed by atoms with Crippen molar-refractivity contribution in [2.75, 3.05) is 20.3 Å². The van der Waals surface area contributed by atoms with Gasteiger partial charge in [0, 0.05) is 19.2 Å². The van der Waals surface area contributed by atoms with Crippen molar-refractivity contribution in [3.8, 4) is 0 Å². The van der Waals surface area contributed by atoms with Crippen LogP contribution in [0.3, 0.4) is 0 Å². The Hall–Kier alpha value is -0.610. The molecule has 4 nitrogen and oxygen atoms in total. The fourth-order valence-corrected chi connectivity index (χ4v) is 1.40. The molecule has 1 atom stereocenters. The van der Waals surface area contributed by atoms with E-state index < -0.39 is 0 Å². The fourth-order valence-electron chi connectivity index (χ4n) is 1.40. The Balaban J connectivity index is 3.72. The molecule has 0 radical (unpaired) electrons. The molecule has 0 aromatic rings. The molecule has 0 spiro atoms. The first kappa shape index (κ1) is 14.4. The zero-order valence-electron chi connectivity index (χ0n) is 10.3. The molecule has 0 aromatic heterocycles. The predicted octanol–water partition coefficient (Wildman–Crippen LogP) is 0.916. The summed E-state index contributed by atoms with van der Waals surface area (Å²) in [4.78, 5) is 11.4. The number of hydrogen-bond acceptors (Lipinski definition) is 3. The Morgan fingerprint density at radius 1 is 1.40 bits per heavy atom. The van der Waals surface area contributed by atoms with Crippen molar-refractivity contribution in [3.05, 3.63) is 0 Å². The van der Waals surface area contributed by atoms with Crippen LogP contribution in [0.5, 0.6) is 0 Å². The SMILES string of the molecule is CCCC(COC)NCC(=O)NC(C)C. The van der Waals surface area contributed by atoms with E-state index in [2.05, 4.69) is 17.6 Å². The van der Waals surface area contributed by atoms with Gasteiger partial charge in [-0.25, -0.2) is 0 Å². The van der Waals surface area contributed by atoms with Crippen LogP contribution in [-0.2, 0) is 9.53 Å². The summed E-state index contributed by atoms with van der Waals surface area (Å²) in [6, 6.07) is 0.476. The summed E-state index contributed by atoms with van der Waals surface area (Å²) in [5, 5.41) is 6.03. The van der Waals surface area contributed by atoms with E-state index in [9.17, 15) is 4.79 Å². The summed E-state index contributed by atoms with van der Waals surface area (Å²) >= 11 is 0. The third-order valence-corrected chi connectivity index (χ3v) is 2.01. The molecule has 0 aliphatic carbocycles. The maximum atomic E-state index is 11.4. The lowest BCUT2D eigenvalue weighted by molar-refractivity contribution is -0.120. The highest BCUT2D eigenvalue weighted by Crippen LogP contribution is 1.96. The molecule has 0 heterocycles. The number of rotatable bonds is 8. The van der Waals surface area contributed by atoms with Gasteiger partial charge in [-0.2, -0.15) is 0 Å².